The minimum Gasteiger partial charge on any atom is -0.481 e. The number of carbonyl (C=O) groups excluding carboxylic acids is 1. The normalized spacial score (nSPS) is 14.2. The minimum absolute atomic E-state index is 0.0434. The van der Waals surface area contributed by atoms with Gasteiger partial charge in [-0.15, -0.1) is 0 Å². The summed E-state index contributed by atoms with van der Waals surface area (Å²) in [6.07, 6.45) is 0. The largest absolute Gasteiger partial charge is 0.481 e. The number of nitrogens with zero attached hydrogens (tertiary/aromatic N) is 1. The second kappa shape index (κ2) is 8.60. The van der Waals surface area contributed by atoms with Gasteiger partial charge in [-0.05, 0) is 27.8 Å². The molecule has 3 aromatic carbocycles. The van der Waals surface area contributed by atoms with Crippen LogP contribution in [0.3, 0.4) is 0 Å². The Morgan fingerprint density at radius 1 is 1.00 bits per heavy atom. The number of esters is 1. The highest BCUT2D eigenvalue weighted by Crippen LogP contribution is 2.44. The number of fused-ring (bicyclic) bond motifs is 3. The molecular weight excluding hydrogens is 412 g/mol. The molecule has 0 spiro atoms. The summed E-state index contributed by atoms with van der Waals surface area (Å²) < 4.78 is 5.45. The lowest BCUT2D eigenvalue weighted by atomic mass is 9.93. The van der Waals surface area contributed by atoms with Gasteiger partial charge in [0.05, 0.1) is 11.0 Å². The van der Waals surface area contributed by atoms with Crippen LogP contribution in [-0.2, 0) is 14.3 Å². The molecule has 4 rings (SSSR count). The van der Waals surface area contributed by atoms with Gasteiger partial charge in [-0.3, -0.25) is 19.7 Å². The van der Waals surface area contributed by atoms with Crippen LogP contribution < -0.4 is 5.73 Å². The summed E-state index contributed by atoms with van der Waals surface area (Å²) in [4.78, 5) is 35.0. The molecule has 1 aliphatic rings. The van der Waals surface area contributed by atoms with Crippen LogP contribution in [0, 0.1) is 16.0 Å². The Morgan fingerprint density at radius 2 is 1.59 bits per heavy atom. The van der Waals surface area contributed by atoms with Crippen molar-refractivity contribution in [1.29, 1.82) is 0 Å². The molecule has 2 unspecified atom stereocenters. The van der Waals surface area contributed by atoms with Gasteiger partial charge >= 0.3 is 11.9 Å². The maximum Gasteiger partial charge on any atom is 0.322 e. The first-order valence-electron chi connectivity index (χ1n) is 9.96. The van der Waals surface area contributed by atoms with E-state index in [1.807, 2.05) is 48.5 Å². The van der Waals surface area contributed by atoms with Crippen molar-refractivity contribution in [2.75, 3.05) is 6.61 Å². The van der Waals surface area contributed by atoms with Crippen molar-refractivity contribution in [2.24, 2.45) is 11.7 Å². The zero-order chi connectivity index (χ0) is 22.8. The lowest BCUT2D eigenvalue weighted by molar-refractivity contribution is -0.384. The summed E-state index contributed by atoms with van der Waals surface area (Å²) in [6, 6.07) is 19.5. The lowest BCUT2D eigenvalue weighted by Gasteiger charge is -2.21. The second-order valence-electron chi connectivity index (χ2n) is 7.55. The van der Waals surface area contributed by atoms with E-state index >= 15 is 0 Å². The highest BCUT2D eigenvalue weighted by Gasteiger charge is 2.37. The predicted molar refractivity (Wildman–Crippen MR) is 116 cm³/mol. The van der Waals surface area contributed by atoms with Crippen molar-refractivity contribution >= 4 is 17.6 Å². The second-order valence-corrected chi connectivity index (χ2v) is 7.55. The number of hydrogen-bond donors (Lipinski definition) is 2. The molecule has 3 N–H and O–H groups in total. The molecular formula is C24H20N2O6. The molecule has 0 bridgehead atoms. The molecule has 8 nitrogen and oxygen atoms in total. The van der Waals surface area contributed by atoms with Crippen LogP contribution in [0.4, 0.5) is 5.69 Å². The number of nitro groups is 1. The molecule has 0 heterocycles. The van der Waals surface area contributed by atoms with Gasteiger partial charge in [-0.1, -0.05) is 60.7 Å². The van der Waals surface area contributed by atoms with Gasteiger partial charge in [0, 0.05) is 18.1 Å². The van der Waals surface area contributed by atoms with Crippen LogP contribution in [0.1, 0.15) is 28.7 Å². The molecule has 8 heteroatoms. The monoisotopic (exact) mass is 432 g/mol. The Morgan fingerprint density at radius 3 is 2.16 bits per heavy atom. The first-order valence-corrected chi connectivity index (χ1v) is 9.96. The van der Waals surface area contributed by atoms with E-state index in [4.69, 9.17) is 10.5 Å². The van der Waals surface area contributed by atoms with E-state index in [9.17, 15) is 24.8 Å². The van der Waals surface area contributed by atoms with Gasteiger partial charge in [0.2, 0.25) is 0 Å². The van der Waals surface area contributed by atoms with Gasteiger partial charge in [-0.2, -0.15) is 0 Å². The Balaban J connectivity index is 1.55. The third-order valence-corrected chi connectivity index (χ3v) is 5.70. The first kappa shape index (κ1) is 21.2. The van der Waals surface area contributed by atoms with Gasteiger partial charge in [0.15, 0.2) is 5.92 Å². The molecule has 1 aliphatic carbocycles. The fourth-order valence-electron chi connectivity index (χ4n) is 4.13. The van der Waals surface area contributed by atoms with E-state index in [1.54, 1.807) is 0 Å². The van der Waals surface area contributed by atoms with Crippen LogP contribution in [0.5, 0.6) is 0 Å². The molecule has 0 radical (unpaired) electrons. The molecule has 0 fully saturated rings. The molecule has 0 amide bonds. The number of carboxylic acids is 1. The Hall–Kier alpha value is -4.04. The van der Waals surface area contributed by atoms with Crippen LogP contribution in [-0.4, -0.2) is 28.6 Å². The molecule has 0 saturated carbocycles. The highest BCUT2D eigenvalue weighted by atomic mass is 16.6. The average molecular weight is 432 g/mol. The number of carboxylic acid groups (broad SMARTS) is 1. The van der Waals surface area contributed by atoms with Crippen molar-refractivity contribution < 1.29 is 24.4 Å². The molecule has 32 heavy (non-hydrogen) atoms. The van der Waals surface area contributed by atoms with E-state index < -0.39 is 28.8 Å². The number of benzene rings is 3. The Kier molecular flexibility index (Phi) is 5.70. The Labute approximate surface area is 183 Å². The number of carbonyl (C=O) groups is 2. The van der Waals surface area contributed by atoms with Crippen molar-refractivity contribution in [2.45, 2.75) is 12.0 Å². The number of rotatable bonds is 7. The zero-order valence-electron chi connectivity index (χ0n) is 16.9. The van der Waals surface area contributed by atoms with Crippen molar-refractivity contribution in [3.8, 4) is 11.1 Å². The quantitative estimate of drug-likeness (QED) is 0.252. The zero-order valence-corrected chi connectivity index (χ0v) is 16.9. The lowest BCUT2D eigenvalue weighted by Crippen LogP contribution is -2.36. The standard InChI is InChI=1S/C24H20N2O6/c25-22(14-6-5-7-15(12-14)26(30)31)21(23(27)28)24(29)32-13-20-18-10-3-1-8-16(18)17-9-2-4-11-19(17)20/h1-12,20-22H,13,25H2,(H,27,28). The molecule has 0 saturated heterocycles. The van der Waals surface area contributed by atoms with E-state index in [0.29, 0.717) is 0 Å². The smallest absolute Gasteiger partial charge is 0.322 e. The molecule has 0 aliphatic heterocycles. The minimum atomic E-state index is -1.70. The number of non-ortho nitro benzene ring substituents is 1. The number of aliphatic carboxylic acids is 1. The summed E-state index contributed by atoms with van der Waals surface area (Å²) in [7, 11) is 0. The van der Waals surface area contributed by atoms with Crippen LogP contribution in [0.25, 0.3) is 11.1 Å². The average Bonchev–Trinajstić information content (AvgIpc) is 3.11. The van der Waals surface area contributed by atoms with Gasteiger partial charge in [-0.25, -0.2) is 0 Å². The number of nitro benzene ring substituents is 1. The van der Waals surface area contributed by atoms with Crippen LogP contribution in [0.15, 0.2) is 72.8 Å². The van der Waals surface area contributed by atoms with Gasteiger partial charge in [0.1, 0.15) is 6.61 Å². The number of ether oxygens (including phenoxy) is 1. The SMILES string of the molecule is NC(c1cccc([N+](=O)[O-])c1)C(C(=O)O)C(=O)OCC1c2ccccc2-c2ccccc21. The topological polar surface area (TPSA) is 133 Å². The maximum absolute atomic E-state index is 12.8. The third kappa shape index (κ3) is 3.83. The summed E-state index contributed by atoms with van der Waals surface area (Å²) in [5.74, 6) is -4.38. The number of hydrogen-bond acceptors (Lipinski definition) is 6. The highest BCUT2D eigenvalue weighted by molar-refractivity contribution is 5.95. The molecule has 2 atom stereocenters. The third-order valence-electron chi connectivity index (χ3n) is 5.70. The fourth-order valence-corrected chi connectivity index (χ4v) is 4.13. The van der Waals surface area contributed by atoms with E-state index in [2.05, 4.69) is 0 Å². The predicted octanol–water partition coefficient (Wildman–Crippen LogP) is 3.65. The van der Waals surface area contributed by atoms with Crippen molar-refractivity contribution in [3.63, 3.8) is 0 Å². The summed E-state index contributed by atoms with van der Waals surface area (Å²) >= 11 is 0. The first-order chi connectivity index (χ1) is 15.4. The fraction of sp³-hybridized carbons (Fsp3) is 0.167. The Bertz CT molecular complexity index is 1160. The molecule has 162 valence electrons. The summed E-state index contributed by atoms with van der Waals surface area (Å²) in [5.41, 5.74) is 10.1. The van der Waals surface area contributed by atoms with E-state index in [-0.39, 0.29) is 23.8 Å². The number of nitrogens with two attached hydrogens (primary N) is 1. The molecule has 3 aromatic rings. The summed E-state index contributed by atoms with van der Waals surface area (Å²) in [5, 5.41) is 20.7. The maximum atomic E-state index is 12.8. The van der Waals surface area contributed by atoms with Gasteiger partial charge in [0.25, 0.3) is 5.69 Å². The van der Waals surface area contributed by atoms with Crippen LogP contribution >= 0.6 is 0 Å². The van der Waals surface area contributed by atoms with Crippen molar-refractivity contribution in [3.05, 3.63) is 99.6 Å². The van der Waals surface area contributed by atoms with Gasteiger partial charge < -0.3 is 15.6 Å². The van der Waals surface area contributed by atoms with E-state index in [1.165, 1.54) is 18.2 Å². The van der Waals surface area contributed by atoms with Crippen LogP contribution in [0.2, 0.25) is 0 Å². The summed E-state index contributed by atoms with van der Waals surface area (Å²) in [6.45, 7) is -0.0434. The van der Waals surface area contributed by atoms with Crippen molar-refractivity contribution in [1.82, 2.24) is 0 Å². The molecule has 0 aromatic heterocycles. The van der Waals surface area contributed by atoms with E-state index in [0.717, 1.165) is 28.3 Å².